The van der Waals surface area contributed by atoms with E-state index in [-0.39, 0.29) is 5.54 Å². The lowest BCUT2D eigenvalue weighted by Gasteiger charge is -2.46. The van der Waals surface area contributed by atoms with Crippen molar-refractivity contribution in [1.82, 2.24) is 0 Å². The summed E-state index contributed by atoms with van der Waals surface area (Å²) in [5.41, 5.74) is 2.77. The molecule has 0 fully saturated rings. The smallest absolute Gasteiger partial charge is 0.326 e. The van der Waals surface area contributed by atoms with Crippen molar-refractivity contribution in [3.8, 4) is 0 Å². The minimum atomic E-state index is -0.768. The Hall–Kier alpha value is -1.48. The molecular formula is C18H24ClNO2. The molecule has 0 aliphatic carbocycles. The van der Waals surface area contributed by atoms with E-state index in [1.54, 1.807) is 0 Å². The van der Waals surface area contributed by atoms with E-state index in [4.69, 9.17) is 11.6 Å². The van der Waals surface area contributed by atoms with Crippen LogP contribution >= 0.6 is 11.6 Å². The summed E-state index contributed by atoms with van der Waals surface area (Å²) in [4.78, 5) is 13.9. The van der Waals surface area contributed by atoms with Crippen LogP contribution in [-0.4, -0.2) is 22.7 Å². The Labute approximate surface area is 137 Å². The number of carboxylic acids is 1. The van der Waals surface area contributed by atoms with Crippen LogP contribution in [0.1, 0.15) is 52.5 Å². The predicted octanol–water partition coefficient (Wildman–Crippen LogP) is 4.99. The zero-order valence-electron chi connectivity index (χ0n) is 13.7. The first-order chi connectivity index (χ1) is 10.3. The van der Waals surface area contributed by atoms with Crippen LogP contribution in [0.5, 0.6) is 0 Å². The average molecular weight is 322 g/mol. The Morgan fingerprint density at radius 1 is 1.41 bits per heavy atom. The highest BCUT2D eigenvalue weighted by molar-refractivity contribution is 6.30. The van der Waals surface area contributed by atoms with Crippen LogP contribution in [0.15, 0.2) is 24.3 Å². The maximum atomic E-state index is 11.9. The Morgan fingerprint density at radius 2 is 2.09 bits per heavy atom. The maximum Gasteiger partial charge on any atom is 0.326 e. The molecule has 0 spiro atoms. The number of nitrogens with zero attached hydrogens (tertiary/aromatic N) is 1. The van der Waals surface area contributed by atoms with Gasteiger partial charge in [-0.15, -0.1) is 0 Å². The van der Waals surface area contributed by atoms with Crippen molar-refractivity contribution in [3.05, 3.63) is 34.9 Å². The second kappa shape index (κ2) is 6.33. The average Bonchev–Trinajstić information content (AvgIpc) is 2.41. The number of carbonyl (C=O) groups is 1. The van der Waals surface area contributed by atoms with Gasteiger partial charge in [-0.2, -0.15) is 0 Å². The molecule has 3 nitrogen and oxygen atoms in total. The van der Waals surface area contributed by atoms with E-state index >= 15 is 0 Å². The fraction of sp³-hybridized carbons (Fsp3) is 0.500. The van der Waals surface area contributed by atoms with Gasteiger partial charge in [0.25, 0.3) is 0 Å². The molecule has 1 aliphatic rings. The summed E-state index contributed by atoms with van der Waals surface area (Å²) >= 11 is 6.12. The number of anilines is 1. The Morgan fingerprint density at radius 3 is 2.68 bits per heavy atom. The third kappa shape index (κ3) is 3.14. The molecule has 0 saturated carbocycles. The molecule has 0 aromatic heterocycles. The van der Waals surface area contributed by atoms with Crippen LogP contribution in [0.25, 0.3) is 5.57 Å². The van der Waals surface area contributed by atoms with Gasteiger partial charge >= 0.3 is 5.97 Å². The molecule has 0 radical (unpaired) electrons. The van der Waals surface area contributed by atoms with Crippen molar-refractivity contribution in [1.29, 1.82) is 0 Å². The van der Waals surface area contributed by atoms with Gasteiger partial charge in [0.05, 0.1) is 5.54 Å². The highest BCUT2D eigenvalue weighted by Gasteiger charge is 2.38. The highest BCUT2D eigenvalue weighted by atomic mass is 35.5. The number of aliphatic carboxylic acids is 1. The first-order valence-electron chi connectivity index (χ1n) is 7.79. The molecule has 1 aromatic rings. The summed E-state index contributed by atoms with van der Waals surface area (Å²) in [6.45, 7) is 8.26. The minimum absolute atomic E-state index is 0.346. The SMILES string of the molecule is CCCC[C@H](C(=O)O)N1c2ccc(Cl)cc2C(C)=CC1(C)C. The number of benzene rings is 1. The first-order valence-corrected chi connectivity index (χ1v) is 8.17. The van der Waals surface area contributed by atoms with Crippen LogP contribution in [0.3, 0.4) is 0 Å². The van der Waals surface area contributed by atoms with E-state index in [2.05, 4.69) is 33.8 Å². The van der Waals surface area contributed by atoms with Crippen molar-refractivity contribution >= 4 is 28.8 Å². The van der Waals surface area contributed by atoms with Gasteiger partial charge in [0.2, 0.25) is 0 Å². The molecule has 1 atom stereocenters. The molecule has 2 rings (SSSR count). The lowest BCUT2D eigenvalue weighted by atomic mass is 9.86. The molecule has 1 aliphatic heterocycles. The van der Waals surface area contributed by atoms with Gasteiger partial charge in [-0.1, -0.05) is 37.4 Å². The van der Waals surface area contributed by atoms with Gasteiger partial charge < -0.3 is 10.0 Å². The number of halogens is 1. The number of fused-ring (bicyclic) bond motifs is 1. The molecule has 0 unspecified atom stereocenters. The van der Waals surface area contributed by atoms with E-state index in [0.717, 1.165) is 29.7 Å². The lowest BCUT2D eigenvalue weighted by molar-refractivity contribution is -0.139. The summed E-state index contributed by atoms with van der Waals surface area (Å²) in [6, 6.07) is 5.17. The molecular weight excluding hydrogens is 298 g/mol. The molecule has 4 heteroatoms. The normalized spacial score (nSPS) is 17.7. The van der Waals surface area contributed by atoms with Crippen LogP contribution in [0.2, 0.25) is 5.02 Å². The Bertz CT molecular complexity index is 607. The quantitative estimate of drug-likeness (QED) is 0.831. The second-order valence-electron chi connectivity index (χ2n) is 6.51. The van der Waals surface area contributed by atoms with Gasteiger partial charge in [-0.05, 0) is 51.0 Å². The molecule has 120 valence electrons. The number of rotatable bonds is 5. The van der Waals surface area contributed by atoms with Crippen LogP contribution in [-0.2, 0) is 4.79 Å². The molecule has 22 heavy (non-hydrogen) atoms. The van der Waals surface area contributed by atoms with Crippen molar-refractivity contribution in [3.63, 3.8) is 0 Å². The van der Waals surface area contributed by atoms with E-state index in [9.17, 15) is 9.90 Å². The summed E-state index contributed by atoms with van der Waals surface area (Å²) in [5.74, 6) is -0.768. The van der Waals surface area contributed by atoms with Gasteiger partial charge in [0, 0.05) is 16.3 Å². The zero-order valence-corrected chi connectivity index (χ0v) is 14.4. The van der Waals surface area contributed by atoms with E-state index in [1.165, 1.54) is 0 Å². The highest BCUT2D eigenvalue weighted by Crippen LogP contribution is 2.42. The van der Waals surface area contributed by atoms with Crippen LogP contribution in [0, 0.1) is 0 Å². The molecule has 0 amide bonds. The van der Waals surface area contributed by atoms with Gasteiger partial charge in [0.1, 0.15) is 6.04 Å². The zero-order chi connectivity index (χ0) is 16.5. The number of allylic oxidation sites excluding steroid dienone is 1. The van der Waals surface area contributed by atoms with Gasteiger partial charge in [0.15, 0.2) is 0 Å². The largest absolute Gasteiger partial charge is 0.480 e. The standard InChI is InChI=1S/C18H24ClNO2/c1-5-6-7-16(17(21)22)20-15-9-8-13(19)10-14(15)12(2)11-18(20,3)4/h8-11,16H,5-7H2,1-4H3,(H,21,22)/t16-/m1/s1. The first kappa shape index (κ1) is 16.9. The molecule has 1 heterocycles. The second-order valence-corrected chi connectivity index (χ2v) is 6.95. The number of hydrogen-bond donors (Lipinski definition) is 1. The van der Waals surface area contributed by atoms with Crippen molar-refractivity contribution in [2.75, 3.05) is 4.90 Å². The number of carboxylic acid groups (broad SMARTS) is 1. The van der Waals surface area contributed by atoms with Crippen molar-refractivity contribution in [2.45, 2.75) is 58.5 Å². The summed E-state index contributed by atoms with van der Waals surface area (Å²) in [6.07, 6.45) is 4.66. The van der Waals surface area contributed by atoms with Crippen LogP contribution in [0.4, 0.5) is 5.69 Å². The summed E-state index contributed by atoms with van der Waals surface area (Å²) in [7, 11) is 0. The number of hydrogen-bond acceptors (Lipinski definition) is 2. The predicted molar refractivity (Wildman–Crippen MR) is 92.6 cm³/mol. The maximum absolute atomic E-state index is 11.9. The van der Waals surface area contributed by atoms with Crippen molar-refractivity contribution < 1.29 is 9.90 Å². The minimum Gasteiger partial charge on any atom is -0.480 e. The molecule has 0 bridgehead atoms. The van der Waals surface area contributed by atoms with Crippen molar-refractivity contribution in [2.24, 2.45) is 0 Å². The fourth-order valence-electron chi connectivity index (χ4n) is 3.35. The van der Waals surface area contributed by atoms with E-state index in [1.807, 2.05) is 23.1 Å². The molecule has 0 saturated heterocycles. The molecule has 1 N–H and O–H groups in total. The summed E-state index contributed by atoms with van der Waals surface area (Å²) < 4.78 is 0. The topological polar surface area (TPSA) is 40.5 Å². The van der Waals surface area contributed by atoms with E-state index in [0.29, 0.717) is 11.4 Å². The lowest BCUT2D eigenvalue weighted by Crippen LogP contribution is -2.54. The van der Waals surface area contributed by atoms with Gasteiger partial charge in [-0.25, -0.2) is 4.79 Å². The van der Waals surface area contributed by atoms with E-state index < -0.39 is 12.0 Å². The number of unbranched alkanes of at least 4 members (excludes halogenated alkanes) is 1. The Kier molecular flexibility index (Phi) is 4.86. The van der Waals surface area contributed by atoms with Gasteiger partial charge in [-0.3, -0.25) is 0 Å². The van der Waals surface area contributed by atoms with Crippen LogP contribution < -0.4 is 4.90 Å². The fourth-order valence-corrected chi connectivity index (χ4v) is 3.52. The summed E-state index contributed by atoms with van der Waals surface area (Å²) in [5, 5.41) is 10.4. The monoisotopic (exact) mass is 321 g/mol. The Balaban J connectivity index is 2.55. The third-order valence-corrected chi connectivity index (χ3v) is 4.50. The third-order valence-electron chi connectivity index (χ3n) is 4.26. The molecule has 1 aromatic carbocycles.